The Morgan fingerprint density at radius 3 is 2.59 bits per heavy atom. The van der Waals surface area contributed by atoms with Crippen molar-refractivity contribution < 1.29 is 13.9 Å². The number of rotatable bonds is 11. The third-order valence-electron chi connectivity index (χ3n) is 6.70. The Labute approximate surface area is 190 Å². The predicted octanol–water partition coefficient (Wildman–Crippen LogP) is 4.44. The number of pyridine rings is 1. The van der Waals surface area contributed by atoms with Crippen LogP contribution in [0.2, 0.25) is 0 Å². The van der Waals surface area contributed by atoms with Crippen molar-refractivity contribution >= 4 is 11.5 Å². The number of halogens is 1. The molecule has 0 saturated heterocycles. The first-order valence-electron chi connectivity index (χ1n) is 11.6. The summed E-state index contributed by atoms with van der Waals surface area (Å²) in [4.78, 5) is 4.30. The molecule has 0 spiro atoms. The molecule has 0 radical (unpaired) electrons. The van der Waals surface area contributed by atoms with E-state index in [2.05, 4.69) is 20.9 Å². The molecule has 3 N–H and O–H groups in total. The minimum Gasteiger partial charge on any atom is -0.383 e. The maximum absolute atomic E-state index is 14.7. The lowest BCUT2D eigenvalue weighted by Gasteiger charge is -2.30. The maximum atomic E-state index is 14.7. The molecule has 174 valence electrons. The van der Waals surface area contributed by atoms with Gasteiger partial charge in [0, 0.05) is 50.6 Å². The zero-order valence-corrected chi connectivity index (χ0v) is 19.1. The number of anilines is 2. The second kappa shape index (κ2) is 10.6. The molecular weight excluding hydrogens is 407 g/mol. The normalized spacial score (nSPS) is 21.8. The fourth-order valence-electron chi connectivity index (χ4n) is 4.41. The Bertz CT molecular complexity index is 882. The summed E-state index contributed by atoms with van der Waals surface area (Å²) in [5.41, 5.74) is 2.34. The molecule has 1 heterocycles. The van der Waals surface area contributed by atoms with Gasteiger partial charge in [-0.05, 0) is 62.3 Å². The van der Waals surface area contributed by atoms with Gasteiger partial charge in [0.1, 0.15) is 11.6 Å². The van der Waals surface area contributed by atoms with Crippen molar-refractivity contribution in [2.24, 2.45) is 0 Å². The molecule has 0 bridgehead atoms. The molecule has 32 heavy (non-hydrogen) atoms. The van der Waals surface area contributed by atoms with Crippen LogP contribution in [0.15, 0.2) is 36.5 Å². The molecule has 2 fully saturated rings. The van der Waals surface area contributed by atoms with Gasteiger partial charge in [-0.25, -0.2) is 9.37 Å². The van der Waals surface area contributed by atoms with E-state index in [1.54, 1.807) is 14.2 Å². The summed E-state index contributed by atoms with van der Waals surface area (Å²) in [6, 6.07) is 10.6. The van der Waals surface area contributed by atoms with Crippen LogP contribution in [0.5, 0.6) is 0 Å². The largest absolute Gasteiger partial charge is 0.383 e. The van der Waals surface area contributed by atoms with Gasteiger partial charge in [-0.1, -0.05) is 12.1 Å². The molecule has 4 rings (SSSR count). The molecule has 1 aromatic heterocycles. The quantitative estimate of drug-likeness (QED) is 0.447. The fraction of sp³-hybridized carbons (Fsp3) is 0.560. The first-order chi connectivity index (χ1) is 15.6. The van der Waals surface area contributed by atoms with Crippen molar-refractivity contribution in [2.75, 3.05) is 44.5 Å². The molecule has 1 aromatic carbocycles. The van der Waals surface area contributed by atoms with E-state index in [4.69, 9.17) is 9.47 Å². The molecule has 0 unspecified atom stereocenters. The molecule has 0 amide bonds. The van der Waals surface area contributed by atoms with E-state index in [9.17, 15) is 4.39 Å². The highest BCUT2D eigenvalue weighted by atomic mass is 19.1. The van der Waals surface area contributed by atoms with Crippen molar-refractivity contribution in [3.63, 3.8) is 0 Å². The van der Waals surface area contributed by atoms with E-state index in [-0.39, 0.29) is 11.4 Å². The Morgan fingerprint density at radius 1 is 1.09 bits per heavy atom. The number of hydrogen-bond acceptors (Lipinski definition) is 6. The maximum Gasteiger partial charge on any atom is 0.149 e. The topological polar surface area (TPSA) is 67.4 Å². The van der Waals surface area contributed by atoms with Crippen molar-refractivity contribution in [3.8, 4) is 11.1 Å². The van der Waals surface area contributed by atoms with Gasteiger partial charge in [0.2, 0.25) is 0 Å². The van der Waals surface area contributed by atoms with Gasteiger partial charge in [-0.15, -0.1) is 0 Å². The second-order valence-corrected chi connectivity index (χ2v) is 9.01. The SMILES string of the molecule is COCCNC1CCC(Nc2cc(-c3cccc(NCC4(OC)CC4)c3)c(F)cn2)CC1. The summed E-state index contributed by atoms with van der Waals surface area (Å²) >= 11 is 0. The second-order valence-electron chi connectivity index (χ2n) is 9.01. The summed E-state index contributed by atoms with van der Waals surface area (Å²) in [6.07, 6.45) is 7.85. The number of ether oxygens (including phenoxy) is 2. The molecule has 6 nitrogen and oxygen atoms in total. The van der Waals surface area contributed by atoms with E-state index in [1.807, 2.05) is 30.3 Å². The zero-order chi connectivity index (χ0) is 22.4. The van der Waals surface area contributed by atoms with Gasteiger partial charge in [0.25, 0.3) is 0 Å². The van der Waals surface area contributed by atoms with Crippen LogP contribution in [-0.4, -0.2) is 56.6 Å². The predicted molar refractivity (Wildman–Crippen MR) is 127 cm³/mol. The van der Waals surface area contributed by atoms with Crippen molar-refractivity contribution in [2.45, 2.75) is 56.2 Å². The van der Waals surface area contributed by atoms with Gasteiger partial charge in [-0.3, -0.25) is 0 Å². The van der Waals surface area contributed by atoms with E-state index < -0.39 is 0 Å². The Balaban J connectivity index is 1.36. The Kier molecular flexibility index (Phi) is 7.60. The minimum absolute atomic E-state index is 0.0344. The number of methoxy groups -OCH3 is 2. The molecule has 2 aliphatic carbocycles. The average molecular weight is 443 g/mol. The third kappa shape index (κ3) is 5.97. The van der Waals surface area contributed by atoms with Crippen molar-refractivity contribution in [3.05, 3.63) is 42.3 Å². The standard InChI is InChI=1S/C25H35FN4O2/c1-31-13-12-27-19-6-8-20(9-7-19)30-24-15-22(23(26)16-28-24)18-4-3-5-21(14-18)29-17-25(32-2)10-11-25/h3-5,14-16,19-20,27,29H,6-13,17H2,1-2H3,(H,28,30). The summed E-state index contributed by atoms with van der Waals surface area (Å²) in [5.74, 6) is 0.418. The first kappa shape index (κ1) is 23.0. The summed E-state index contributed by atoms with van der Waals surface area (Å²) in [5, 5.41) is 10.5. The molecule has 2 aromatic rings. The first-order valence-corrected chi connectivity index (χ1v) is 11.6. The van der Waals surface area contributed by atoms with Crippen LogP contribution in [0.1, 0.15) is 38.5 Å². The van der Waals surface area contributed by atoms with Crippen molar-refractivity contribution in [1.82, 2.24) is 10.3 Å². The number of nitrogens with zero attached hydrogens (tertiary/aromatic N) is 1. The van der Waals surface area contributed by atoms with Gasteiger partial charge in [0.05, 0.1) is 18.4 Å². The van der Waals surface area contributed by atoms with Gasteiger partial charge >= 0.3 is 0 Å². The zero-order valence-electron chi connectivity index (χ0n) is 19.1. The van der Waals surface area contributed by atoms with Crippen LogP contribution >= 0.6 is 0 Å². The lowest BCUT2D eigenvalue weighted by molar-refractivity contribution is 0.0914. The molecular formula is C25H35FN4O2. The van der Waals surface area contributed by atoms with Gasteiger partial charge < -0.3 is 25.4 Å². The average Bonchev–Trinajstić information content (AvgIpc) is 3.61. The highest BCUT2D eigenvalue weighted by Gasteiger charge is 2.42. The Morgan fingerprint density at radius 2 is 1.88 bits per heavy atom. The van der Waals surface area contributed by atoms with Gasteiger partial charge in [0.15, 0.2) is 0 Å². The summed E-state index contributed by atoms with van der Waals surface area (Å²) < 4.78 is 25.3. The highest BCUT2D eigenvalue weighted by Crippen LogP contribution is 2.39. The molecule has 7 heteroatoms. The van der Waals surface area contributed by atoms with Crippen LogP contribution in [0.4, 0.5) is 15.9 Å². The van der Waals surface area contributed by atoms with Crippen LogP contribution in [0.3, 0.4) is 0 Å². The van der Waals surface area contributed by atoms with Crippen LogP contribution in [0, 0.1) is 5.82 Å². The highest BCUT2D eigenvalue weighted by molar-refractivity contribution is 5.70. The van der Waals surface area contributed by atoms with E-state index in [0.29, 0.717) is 17.6 Å². The number of benzene rings is 1. The molecule has 2 aliphatic rings. The molecule has 2 saturated carbocycles. The monoisotopic (exact) mass is 442 g/mol. The molecule has 0 aliphatic heterocycles. The van der Waals surface area contributed by atoms with Crippen molar-refractivity contribution in [1.29, 1.82) is 0 Å². The number of nitrogens with one attached hydrogen (secondary N) is 3. The van der Waals surface area contributed by atoms with E-state index in [1.165, 1.54) is 6.20 Å². The number of aromatic nitrogens is 1. The Hall–Kier alpha value is -2.22. The minimum atomic E-state index is -0.311. The number of hydrogen-bond donors (Lipinski definition) is 3. The van der Waals surface area contributed by atoms with Crippen LogP contribution in [-0.2, 0) is 9.47 Å². The lowest BCUT2D eigenvalue weighted by Crippen LogP contribution is -2.38. The molecule has 0 atom stereocenters. The summed E-state index contributed by atoms with van der Waals surface area (Å²) in [7, 11) is 3.49. The van der Waals surface area contributed by atoms with Gasteiger partial charge in [-0.2, -0.15) is 0 Å². The lowest BCUT2D eigenvalue weighted by atomic mass is 9.91. The summed E-state index contributed by atoms with van der Waals surface area (Å²) in [6.45, 7) is 2.40. The van der Waals surface area contributed by atoms with E-state index >= 15 is 0 Å². The third-order valence-corrected chi connectivity index (χ3v) is 6.70. The fourth-order valence-corrected chi connectivity index (χ4v) is 4.41. The smallest absolute Gasteiger partial charge is 0.149 e. The van der Waals surface area contributed by atoms with Crippen LogP contribution in [0.25, 0.3) is 11.1 Å². The van der Waals surface area contributed by atoms with Crippen LogP contribution < -0.4 is 16.0 Å². The van der Waals surface area contributed by atoms with E-state index in [0.717, 1.165) is 75.3 Å².